The van der Waals surface area contributed by atoms with Crippen LogP contribution in [0.1, 0.15) is 11.1 Å². The van der Waals surface area contributed by atoms with Crippen LogP contribution in [0.4, 0.5) is 0 Å². The lowest BCUT2D eigenvalue weighted by Gasteiger charge is -2.15. The van der Waals surface area contributed by atoms with E-state index in [-0.39, 0.29) is 6.61 Å². The van der Waals surface area contributed by atoms with Crippen molar-refractivity contribution < 1.29 is 5.11 Å². The lowest BCUT2D eigenvalue weighted by Crippen LogP contribution is -1.99. The topological polar surface area (TPSA) is 33.1 Å². The van der Waals surface area contributed by atoms with Gasteiger partial charge >= 0.3 is 0 Å². The lowest BCUT2D eigenvalue weighted by molar-refractivity contribution is 0.282. The van der Waals surface area contributed by atoms with Crippen LogP contribution < -0.4 is 0 Å². The van der Waals surface area contributed by atoms with E-state index >= 15 is 0 Å². The van der Waals surface area contributed by atoms with Crippen molar-refractivity contribution in [2.75, 3.05) is 0 Å². The second kappa shape index (κ2) is 5.90. The van der Waals surface area contributed by atoms with E-state index in [1.807, 2.05) is 61.7 Å². The molecule has 21 heavy (non-hydrogen) atoms. The van der Waals surface area contributed by atoms with Gasteiger partial charge in [-0.1, -0.05) is 60.7 Å². The number of aromatic nitrogens is 1. The Bertz CT molecular complexity index is 736. The summed E-state index contributed by atoms with van der Waals surface area (Å²) in [5, 5.41) is 9.91. The van der Waals surface area contributed by atoms with Gasteiger partial charge in [-0.05, 0) is 23.6 Å². The normalized spacial score (nSPS) is 10.6. The summed E-state index contributed by atoms with van der Waals surface area (Å²) in [5.41, 5.74) is 6.02. The summed E-state index contributed by atoms with van der Waals surface area (Å²) in [5.74, 6) is 0. The Labute approximate surface area is 124 Å². The van der Waals surface area contributed by atoms with Crippen molar-refractivity contribution in [2.45, 2.75) is 13.5 Å². The van der Waals surface area contributed by atoms with Gasteiger partial charge in [0.2, 0.25) is 0 Å². The molecule has 1 aromatic heterocycles. The third-order valence-corrected chi connectivity index (χ3v) is 3.64. The van der Waals surface area contributed by atoms with Gasteiger partial charge in [-0.3, -0.25) is 4.98 Å². The number of benzene rings is 2. The Balaban J connectivity index is 2.26. The van der Waals surface area contributed by atoms with E-state index in [9.17, 15) is 5.11 Å². The summed E-state index contributed by atoms with van der Waals surface area (Å²) >= 11 is 0. The van der Waals surface area contributed by atoms with E-state index in [4.69, 9.17) is 0 Å². The highest BCUT2D eigenvalue weighted by atomic mass is 16.3. The molecule has 0 aliphatic carbocycles. The molecule has 0 saturated carbocycles. The molecule has 2 aromatic carbocycles. The highest BCUT2D eigenvalue weighted by molar-refractivity contribution is 5.78. The van der Waals surface area contributed by atoms with Crippen LogP contribution in [0.5, 0.6) is 0 Å². The van der Waals surface area contributed by atoms with Crippen LogP contribution in [0.3, 0.4) is 0 Å². The van der Waals surface area contributed by atoms with Gasteiger partial charge < -0.3 is 5.11 Å². The molecule has 0 atom stereocenters. The number of aliphatic hydroxyl groups is 1. The zero-order valence-electron chi connectivity index (χ0n) is 12.0. The predicted octanol–water partition coefficient (Wildman–Crippen LogP) is 4.22. The molecule has 3 rings (SSSR count). The zero-order valence-corrected chi connectivity index (χ0v) is 12.0. The van der Waals surface area contributed by atoms with Crippen molar-refractivity contribution in [1.82, 2.24) is 4.98 Å². The average molecular weight is 275 g/mol. The number of aryl methyl sites for hydroxylation is 1. The summed E-state index contributed by atoms with van der Waals surface area (Å²) in [6.45, 7) is 2.01. The summed E-state index contributed by atoms with van der Waals surface area (Å²) in [7, 11) is 0. The summed E-state index contributed by atoms with van der Waals surface area (Å²) in [6, 6.07) is 20.1. The Kier molecular flexibility index (Phi) is 3.80. The third-order valence-electron chi connectivity index (χ3n) is 3.64. The SMILES string of the molecule is Cc1cnc(-c2ccccc2)c(CO)c1-c1ccccc1. The van der Waals surface area contributed by atoms with Crippen molar-refractivity contribution in [3.8, 4) is 22.4 Å². The standard InChI is InChI=1S/C19H17NO/c1-14-12-20-19(16-10-6-3-7-11-16)17(13-21)18(14)15-8-4-2-5-9-15/h2-12,21H,13H2,1H3. The molecule has 0 saturated heterocycles. The maximum absolute atomic E-state index is 9.91. The Hall–Kier alpha value is -2.45. The number of hydrogen-bond donors (Lipinski definition) is 1. The number of hydrogen-bond acceptors (Lipinski definition) is 2. The van der Waals surface area contributed by atoms with E-state index in [0.29, 0.717) is 0 Å². The molecule has 2 heteroatoms. The van der Waals surface area contributed by atoms with Crippen molar-refractivity contribution in [3.63, 3.8) is 0 Å². The minimum atomic E-state index is -0.0247. The van der Waals surface area contributed by atoms with Gasteiger partial charge in [0.15, 0.2) is 0 Å². The highest BCUT2D eigenvalue weighted by Crippen LogP contribution is 2.33. The van der Waals surface area contributed by atoms with Crippen molar-refractivity contribution in [1.29, 1.82) is 0 Å². The number of rotatable bonds is 3. The van der Waals surface area contributed by atoms with Crippen molar-refractivity contribution in [3.05, 3.63) is 78.0 Å². The van der Waals surface area contributed by atoms with Gasteiger partial charge in [-0.15, -0.1) is 0 Å². The molecule has 0 radical (unpaired) electrons. The van der Waals surface area contributed by atoms with Gasteiger partial charge in [-0.25, -0.2) is 0 Å². The van der Waals surface area contributed by atoms with Gasteiger partial charge in [0.1, 0.15) is 0 Å². The predicted molar refractivity (Wildman–Crippen MR) is 85.8 cm³/mol. The minimum Gasteiger partial charge on any atom is -0.392 e. The summed E-state index contributed by atoms with van der Waals surface area (Å²) in [6.07, 6.45) is 1.88. The largest absolute Gasteiger partial charge is 0.392 e. The molecular weight excluding hydrogens is 258 g/mol. The Morgan fingerprint density at radius 1 is 0.857 bits per heavy atom. The number of nitrogens with zero attached hydrogens (tertiary/aromatic N) is 1. The van der Waals surface area contributed by atoms with Crippen LogP contribution in [-0.2, 0) is 6.61 Å². The Morgan fingerprint density at radius 3 is 2.00 bits per heavy atom. The quantitative estimate of drug-likeness (QED) is 0.776. The van der Waals surface area contributed by atoms with Crippen LogP contribution in [0.25, 0.3) is 22.4 Å². The van der Waals surface area contributed by atoms with E-state index in [1.165, 1.54) is 0 Å². The number of pyridine rings is 1. The fourth-order valence-corrected chi connectivity index (χ4v) is 2.67. The maximum atomic E-state index is 9.91. The van der Waals surface area contributed by atoms with E-state index in [0.717, 1.165) is 33.5 Å². The van der Waals surface area contributed by atoms with Crippen LogP contribution in [-0.4, -0.2) is 10.1 Å². The Morgan fingerprint density at radius 2 is 1.43 bits per heavy atom. The third kappa shape index (κ3) is 2.58. The molecule has 0 fully saturated rings. The molecule has 0 spiro atoms. The lowest BCUT2D eigenvalue weighted by atomic mass is 9.93. The minimum absolute atomic E-state index is 0.0247. The van der Waals surface area contributed by atoms with Crippen LogP contribution >= 0.6 is 0 Å². The summed E-state index contributed by atoms with van der Waals surface area (Å²) in [4.78, 5) is 4.55. The van der Waals surface area contributed by atoms with E-state index in [2.05, 4.69) is 17.1 Å². The second-order valence-electron chi connectivity index (χ2n) is 5.03. The molecule has 0 aliphatic rings. The van der Waals surface area contributed by atoms with Crippen LogP contribution in [0.2, 0.25) is 0 Å². The molecule has 0 unspecified atom stereocenters. The average Bonchev–Trinajstić information content (AvgIpc) is 2.56. The molecule has 0 bridgehead atoms. The van der Waals surface area contributed by atoms with Crippen LogP contribution in [0, 0.1) is 6.92 Å². The molecule has 0 aliphatic heterocycles. The van der Waals surface area contributed by atoms with Gasteiger partial charge in [0, 0.05) is 17.3 Å². The molecule has 3 aromatic rings. The molecular formula is C19H17NO. The van der Waals surface area contributed by atoms with Crippen LogP contribution in [0.15, 0.2) is 66.9 Å². The first kappa shape index (κ1) is 13.5. The zero-order chi connectivity index (χ0) is 14.7. The first-order chi connectivity index (χ1) is 10.3. The van der Waals surface area contributed by atoms with E-state index < -0.39 is 0 Å². The molecule has 104 valence electrons. The van der Waals surface area contributed by atoms with Gasteiger partial charge in [-0.2, -0.15) is 0 Å². The molecule has 1 heterocycles. The fraction of sp³-hybridized carbons (Fsp3) is 0.105. The molecule has 2 nitrogen and oxygen atoms in total. The maximum Gasteiger partial charge on any atom is 0.0763 e. The first-order valence-electron chi connectivity index (χ1n) is 7.01. The van der Waals surface area contributed by atoms with Crippen molar-refractivity contribution in [2.24, 2.45) is 0 Å². The van der Waals surface area contributed by atoms with Gasteiger partial charge in [0.25, 0.3) is 0 Å². The number of aliphatic hydroxyl groups excluding tert-OH is 1. The van der Waals surface area contributed by atoms with Gasteiger partial charge in [0.05, 0.1) is 12.3 Å². The highest BCUT2D eigenvalue weighted by Gasteiger charge is 2.14. The molecule has 1 N–H and O–H groups in total. The van der Waals surface area contributed by atoms with Crippen molar-refractivity contribution >= 4 is 0 Å². The summed E-state index contributed by atoms with van der Waals surface area (Å²) < 4.78 is 0. The monoisotopic (exact) mass is 275 g/mol. The molecule has 0 amide bonds. The van der Waals surface area contributed by atoms with E-state index in [1.54, 1.807) is 0 Å². The fourth-order valence-electron chi connectivity index (χ4n) is 2.67. The second-order valence-corrected chi connectivity index (χ2v) is 5.03. The first-order valence-corrected chi connectivity index (χ1v) is 7.01. The smallest absolute Gasteiger partial charge is 0.0763 e.